The van der Waals surface area contributed by atoms with Crippen LogP contribution in [0.15, 0.2) is 22.5 Å². The highest BCUT2D eigenvalue weighted by molar-refractivity contribution is 7.87. The van der Waals surface area contributed by atoms with Crippen LogP contribution in [0.25, 0.3) is 10.2 Å². The number of hydrogen-bond donors (Lipinski definition) is 1. The first-order chi connectivity index (χ1) is 10.1. The highest BCUT2D eigenvalue weighted by atomic mass is 35.5. The minimum Gasteiger partial charge on any atom is -0.313 e. The van der Waals surface area contributed by atoms with Crippen molar-refractivity contribution < 1.29 is 9.13 Å². The van der Waals surface area contributed by atoms with Gasteiger partial charge >= 0.3 is 0 Å². The lowest BCUT2D eigenvalue weighted by Crippen LogP contribution is -2.38. The molecule has 1 saturated heterocycles. The standard InChI is InChI=1S/C13H15N3O3S2.ClH/c17-16(18)10-4-5-12-11(7-10)15-13(20-12)21(19)8-9-3-1-2-6-14-9;/h4-5,7,9,14H,1-3,6,8H2;1H. The average Bonchev–Trinajstić information content (AvgIpc) is 2.91. The summed E-state index contributed by atoms with van der Waals surface area (Å²) < 4.78 is 13.8. The Bertz CT molecular complexity index is 701. The predicted molar refractivity (Wildman–Crippen MR) is 90.4 cm³/mol. The van der Waals surface area contributed by atoms with Crippen molar-refractivity contribution in [2.45, 2.75) is 29.6 Å². The molecule has 2 atom stereocenters. The van der Waals surface area contributed by atoms with Crippen LogP contribution in [0.5, 0.6) is 0 Å². The number of hydrogen-bond acceptors (Lipinski definition) is 6. The normalized spacial score (nSPS) is 19.5. The average molecular weight is 362 g/mol. The van der Waals surface area contributed by atoms with E-state index < -0.39 is 15.7 Å². The molecular weight excluding hydrogens is 346 g/mol. The highest BCUT2D eigenvalue weighted by Gasteiger charge is 2.19. The van der Waals surface area contributed by atoms with E-state index in [9.17, 15) is 14.3 Å². The van der Waals surface area contributed by atoms with Crippen LogP contribution in [-0.4, -0.2) is 32.5 Å². The quantitative estimate of drug-likeness (QED) is 0.668. The Kier molecular flexibility index (Phi) is 5.85. The molecule has 22 heavy (non-hydrogen) atoms. The maximum absolute atomic E-state index is 12.4. The highest BCUT2D eigenvalue weighted by Crippen LogP contribution is 2.28. The minimum absolute atomic E-state index is 0. The van der Waals surface area contributed by atoms with E-state index in [-0.39, 0.29) is 24.1 Å². The van der Waals surface area contributed by atoms with Crippen LogP contribution in [0.4, 0.5) is 5.69 Å². The monoisotopic (exact) mass is 361 g/mol. The molecule has 1 aliphatic rings. The van der Waals surface area contributed by atoms with Gasteiger partial charge in [0.15, 0.2) is 4.34 Å². The summed E-state index contributed by atoms with van der Waals surface area (Å²) in [5.41, 5.74) is 0.563. The molecule has 0 saturated carbocycles. The molecule has 1 fully saturated rings. The summed E-state index contributed by atoms with van der Waals surface area (Å²) in [4.78, 5) is 14.6. The van der Waals surface area contributed by atoms with Crippen molar-refractivity contribution in [3.05, 3.63) is 28.3 Å². The molecule has 1 N–H and O–H groups in total. The van der Waals surface area contributed by atoms with Gasteiger partial charge in [-0.1, -0.05) is 6.42 Å². The lowest BCUT2D eigenvalue weighted by molar-refractivity contribution is -0.384. The van der Waals surface area contributed by atoms with Crippen molar-refractivity contribution >= 4 is 50.4 Å². The Morgan fingerprint density at radius 3 is 2.95 bits per heavy atom. The molecule has 1 aromatic carbocycles. The van der Waals surface area contributed by atoms with E-state index in [2.05, 4.69) is 10.3 Å². The SMILES string of the molecule is Cl.O=[N+]([O-])c1ccc2sc(S(=O)CC3CCCCN3)nc2c1. The Morgan fingerprint density at radius 2 is 2.27 bits per heavy atom. The molecule has 2 aromatic rings. The van der Waals surface area contributed by atoms with Crippen LogP contribution in [-0.2, 0) is 10.8 Å². The number of halogens is 1. The van der Waals surface area contributed by atoms with Crippen LogP contribution < -0.4 is 5.32 Å². The van der Waals surface area contributed by atoms with Gasteiger partial charge in [0.2, 0.25) is 0 Å². The van der Waals surface area contributed by atoms with Crippen LogP contribution in [0, 0.1) is 10.1 Å². The fourth-order valence-electron chi connectivity index (χ4n) is 2.43. The van der Waals surface area contributed by atoms with E-state index >= 15 is 0 Å². The predicted octanol–water partition coefficient (Wildman–Crippen LogP) is 2.88. The van der Waals surface area contributed by atoms with Gasteiger partial charge in [-0.05, 0) is 25.5 Å². The zero-order valence-electron chi connectivity index (χ0n) is 11.7. The smallest absolute Gasteiger partial charge is 0.271 e. The van der Waals surface area contributed by atoms with Gasteiger partial charge in [-0.2, -0.15) is 0 Å². The zero-order valence-corrected chi connectivity index (χ0v) is 14.1. The molecule has 3 rings (SSSR count). The topological polar surface area (TPSA) is 85.1 Å². The third-order valence-corrected chi connectivity index (χ3v) is 6.35. The summed E-state index contributed by atoms with van der Waals surface area (Å²) in [6, 6.07) is 4.84. The summed E-state index contributed by atoms with van der Waals surface area (Å²) in [5.74, 6) is 0.557. The summed E-state index contributed by atoms with van der Waals surface area (Å²) in [7, 11) is -1.16. The van der Waals surface area contributed by atoms with Crippen molar-refractivity contribution in [1.29, 1.82) is 0 Å². The lowest BCUT2D eigenvalue weighted by Gasteiger charge is -2.22. The van der Waals surface area contributed by atoms with E-state index in [1.165, 1.54) is 36.3 Å². The zero-order chi connectivity index (χ0) is 14.8. The molecule has 6 nitrogen and oxygen atoms in total. The van der Waals surface area contributed by atoms with Crippen LogP contribution in [0.1, 0.15) is 19.3 Å². The first-order valence-electron chi connectivity index (χ1n) is 6.80. The van der Waals surface area contributed by atoms with Gasteiger partial charge in [-0.25, -0.2) is 4.98 Å². The molecular formula is C13H16ClN3O3S2. The second-order valence-corrected chi connectivity index (χ2v) is 7.75. The largest absolute Gasteiger partial charge is 0.313 e. The molecule has 120 valence electrons. The van der Waals surface area contributed by atoms with Crippen LogP contribution >= 0.6 is 23.7 Å². The molecule has 0 radical (unpaired) electrons. The number of rotatable bonds is 4. The van der Waals surface area contributed by atoms with Crippen molar-refractivity contribution in [2.24, 2.45) is 0 Å². The Hall–Kier alpha value is -1.09. The number of thiazole rings is 1. The summed E-state index contributed by atoms with van der Waals surface area (Å²) >= 11 is 1.35. The summed E-state index contributed by atoms with van der Waals surface area (Å²) in [6.07, 6.45) is 3.39. The molecule has 1 aromatic heterocycles. The minimum atomic E-state index is -1.16. The van der Waals surface area contributed by atoms with E-state index in [0.717, 1.165) is 17.7 Å². The number of nitrogens with one attached hydrogen (secondary N) is 1. The first-order valence-corrected chi connectivity index (χ1v) is 8.94. The summed E-state index contributed by atoms with van der Waals surface area (Å²) in [5, 5.41) is 14.1. The van der Waals surface area contributed by atoms with Gasteiger partial charge in [0.1, 0.15) is 0 Å². The maximum atomic E-state index is 12.4. The van der Waals surface area contributed by atoms with Crippen LogP contribution in [0.3, 0.4) is 0 Å². The lowest BCUT2D eigenvalue weighted by atomic mass is 10.1. The number of benzene rings is 1. The second kappa shape index (κ2) is 7.45. The first kappa shape index (κ1) is 17.3. The fourth-order valence-corrected chi connectivity index (χ4v) is 4.94. The number of nitro benzene ring substituents is 1. The number of aromatic nitrogens is 1. The number of nitro groups is 1. The van der Waals surface area contributed by atoms with Gasteiger partial charge in [-0.3, -0.25) is 14.3 Å². The van der Waals surface area contributed by atoms with Crippen molar-refractivity contribution in [3.63, 3.8) is 0 Å². The Morgan fingerprint density at radius 1 is 1.45 bits per heavy atom. The van der Waals surface area contributed by atoms with Gasteiger partial charge in [0.05, 0.1) is 25.9 Å². The maximum Gasteiger partial charge on any atom is 0.271 e. The van der Waals surface area contributed by atoms with Crippen LogP contribution in [0.2, 0.25) is 0 Å². The van der Waals surface area contributed by atoms with Gasteiger partial charge in [-0.15, -0.1) is 23.7 Å². The number of piperidine rings is 1. The third kappa shape index (κ3) is 3.81. The molecule has 1 aliphatic heterocycles. The van der Waals surface area contributed by atoms with E-state index in [0.29, 0.717) is 15.6 Å². The molecule has 0 amide bonds. The summed E-state index contributed by atoms with van der Waals surface area (Å²) in [6.45, 7) is 0.980. The van der Waals surface area contributed by atoms with Crippen molar-refractivity contribution in [3.8, 4) is 0 Å². The third-order valence-electron chi connectivity index (χ3n) is 3.52. The Labute approximate surface area is 140 Å². The Balaban J connectivity index is 0.00000176. The molecule has 2 heterocycles. The number of non-ortho nitro benzene ring substituents is 1. The van der Waals surface area contributed by atoms with Gasteiger partial charge < -0.3 is 5.32 Å². The second-order valence-electron chi connectivity index (χ2n) is 5.05. The van der Waals surface area contributed by atoms with Crippen molar-refractivity contribution in [1.82, 2.24) is 10.3 Å². The van der Waals surface area contributed by atoms with Gasteiger partial charge in [0.25, 0.3) is 5.69 Å². The number of nitrogens with zero attached hydrogens (tertiary/aromatic N) is 2. The van der Waals surface area contributed by atoms with Gasteiger partial charge in [0, 0.05) is 23.9 Å². The molecule has 0 spiro atoms. The number of fused-ring (bicyclic) bond motifs is 1. The van der Waals surface area contributed by atoms with E-state index in [4.69, 9.17) is 0 Å². The molecule has 0 bridgehead atoms. The van der Waals surface area contributed by atoms with E-state index in [1.54, 1.807) is 6.07 Å². The molecule has 0 aliphatic carbocycles. The molecule has 9 heteroatoms. The molecule has 2 unspecified atom stereocenters. The van der Waals surface area contributed by atoms with Crippen molar-refractivity contribution in [2.75, 3.05) is 12.3 Å². The van der Waals surface area contributed by atoms with E-state index in [1.807, 2.05) is 0 Å². The fraction of sp³-hybridized carbons (Fsp3) is 0.462.